The number of benzene rings is 2. The summed E-state index contributed by atoms with van der Waals surface area (Å²) in [6, 6.07) is 8.50. The van der Waals surface area contributed by atoms with Gasteiger partial charge in [0.1, 0.15) is 6.54 Å². The summed E-state index contributed by atoms with van der Waals surface area (Å²) >= 11 is 6.18. The van der Waals surface area contributed by atoms with Crippen LogP contribution in [0.15, 0.2) is 51.3 Å². The van der Waals surface area contributed by atoms with Gasteiger partial charge in [0.15, 0.2) is 23.6 Å². The van der Waals surface area contributed by atoms with E-state index < -0.39 is 23.9 Å². The van der Waals surface area contributed by atoms with E-state index in [1.165, 1.54) is 5.01 Å². The van der Waals surface area contributed by atoms with Crippen molar-refractivity contribution in [1.82, 2.24) is 15.1 Å². The van der Waals surface area contributed by atoms with E-state index in [1.807, 2.05) is 6.92 Å². The molecular weight excluding hydrogens is 452 g/mol. The minimum absolute atomic E-state index is 0.0176. The van der Waals surface area contributed by atoms with Crippen LogP contribution in [-0.4, -0.2) is 45.8 Å². The molecule has 1 fully saturated rings. The number of hydrogen-bond acceptors (Lipinski definition) is 10. The third-order valence-corrected chi connectivity index (χ3v) is 6.07. The van der Waals surface area contributed by atoms with Gasteiger partial charge in [0.05, 0.1) is 5.69 Å². The molecule has 3 aliphatic rings. The summed E-state index contributed by atoms with van der Waals surface area (Å²) in [5, 5.41) is 13.9. The molecule has 2 aromatic carbocycles. The molecule has 0 bridgehead atoms. The van der Waals surface area contributed by atoms with Gasteiger partial charge in [-0.05, 0) is 42.8 Å². The monoisotopic (exact) mass is 466 g/mol. The van der Waals surface area contributed by atoms with Crippen molar-refractivity contribution in [1.29, 1.82) is 0 Å². The third-order valence-electron chi connectivity index (χ3n) is 5.67. The molecule has 166 valence electrons. The molecule has 0 saturated carbocycles. The number of aromatic nitrogens is 2. The second kappa shape index (κ2) is 7.27. The van der Waals surface area contributed by atoms with Crippen molar-refractivity contribution in [2.75, 3.05) is 11.7 Å². The van der Waals surface area contributed by atoms with E-state index in [4.69, 9.17) is 25.6 Å². The first-order chi connectivity index (χ1) is 16.0. The maximum absolute atomic E-state index is 13.1. The van der Waals surface area contributed by atoms with Crippen molar-refractivity contribution >= 4 is 29.1 Å². The Balaban J connectivity index is 1.22. The van der Waals surface area contributed by atoms with Gasteiger partial charge >= 0.3 is 0 Å². The second-order valence-corrected chi connectivity index (χ2v) is 8.12. The van der Waals surface area contributed by atoms with Gasteiger partial charge in [-0.25, -0.2) is 4.90 Å². The highest BCUT2D eigenvalue weighted by Crippen LogP contribution is 2.36. The first-order valence-corrected chi connectivity index (χ1v) is 10.4. The Bertz CT molecular complexity index is 1340. The first-order valence-electron chi connectivity index (χ1n) is 10.0. The summed E-state index contributed by atoms with van der Waals surface area (Å²) < 4.78 is 16.0. The zero-order valence-electron chi connectivity index (χ0n) is 17.1. The van der Waals surface area contributed by atoms with Crippen LogP contribution >= 0.6 is 11.6 Å². The summed E-state index contributed by atoms with van der Waals surface area (Å²) in [5.74, 6) is 0.921. The van der Waals surface area contributed by atoms with Crippen LogP contribution < -0.4 is 14.4 Å². The van der Waals surface area contributed by atoms with Gasteiger partial charge < -0.3 is 14.0 Å². The molecule has 33 heavy (non-hydrogen) atoms. The van der Waals surface area contributed by atoms with Gasteiger partial charge in [-0.3, -0.25) is 14.6 Å². The molecule has 3 aliphatic heterocycles. The number of imide groups is 1. The van der Waals surface area contributed by atoms with Crippen LogP contribution in [-0.2, 0) is 16.1 Å². The topological polar surface area (TPSA) is 123 Å². The van der Waals surface area contributed by atoms with E-state index in [0.717, 1.165) is 10.5 Å². The Labute approximate surface area is 191 Å². The number of anilines is 1. The maximum atomic E-state index is 13.1. The summed E-state index contributed by atoms with van der Waals surface area (Å²) in [6.45, 7) is 2.02. The SMILES string of the molecule is Cc1ccc(N2C(=O)C3N=NN(Cc4nc(-c5ccc6c(c5)OCO6)no4)C3C2=O)cc1Cl. The number of nitrogens with zero attached hydrogens (tertiary/aromatic N) is 6. The smallest absolute Gasteiger partial charge is 0.263 e. The summed E-state index contributed by atoms with van der Waals surface area (Å²) in [6.07, 6.45) is 0. The minimum Gasteiger partial charge on any atom is -0.454 e. The van der Waals surface area contributed by atoms with Gasteiger partial charge in [0, 0.05) is 10.6 Å². The Morgan fingerprint density at radius 1 is 1.09 bits per heavy atom. The number of carbonyl (C=O) groups excluding carboxylic acids is 2. The average Bonchev–Trinajstić information content (AvgIpc) is 3.57. The lowest BCUT2D eigenvalue weighted by atomic mass is 10.1. The molecule has 6 rings (SSSR count). The van der Waals surface area contributed by atoms with Gasteiger partial charge in [-0.1, -0.05) is 28.0 Å². The molecule has 0 aliphatic carbocycles. The molecule has 11 nitrogen and oxygen atoms in total. The number of aryl methyl sites for hydroxylation is 1. The van der Waals surface area contributed by atoms with E-state index >= 15 is 0 Å². The summed E-state index contributed by atoms with van der Waals surface area (Å²) in [5.41, 5.74) is 1.92. The number of carbonyl (C=O) groups is 2. The van der Waals surface area contributed by atoms with Crippen molar-refractivity contribution in [2.24, 2.45) is 10.3 Å². The molecule has 4 heterocycles. The quantitative estimate of drug-likeness (QED) is 0.538. The van der Waals surface area contributed by atoms with E-state index in [2.05, 4.69) is 20.5 Å². The highest BCUT2D eigenvalue weighted by molar-refractivity contribution is 6.32. The van der Waals surface area contributed by atoms with Gasteiger partial charge in [0.25, 0.3) is 11.8 Å². The summed E-state index contributed by atoms with van der Waals surface area (Å²) in [7, 11) is 0. The third kappa shape index (κ3) is 3.11. The van der Waals surface area contributed by atoms with Crippen LogP contribution in [0.1, 0.15) is 11.5 Å². The van der Waals surface area contributed by atoms with Crippen LogP contribution in [0.3, 0.4) is 0 Å². The van der Waals surface area contributed by atoms with Crippen LogP contribution in [0.5, 0.6) is 11.5 Å². The molecule has 1 aromatic heterocycles. The van der Waals surface area contributed by atoms with Crippen LogP contribution in [0, 0.1) is 6.92 Å². The van der Waals surface area contributed by atoms with Crippen LogP contribution in [0.2, 0.25) is 5.02 Å². The number of rotatable bonds is 4. The first kappa shape index (κ1) is 19.7. The Morgan fingerprint density at radius 3 is 2.79 bits per heavy atom. The van der Waals surface area contributed by atoms with E-state index in [-0.39, 0.29) is 19.2 Å². The average molecular weight is 467 g/mol. The lowest BCUT2D eigenvalue weighted by Gasteiger charge is -2.19. The van der Waals surface area contributed by atoms with E-state index in [9.17, 15) is 9.59 Å². The highest BCUT2D eigenvalue weighted by atomic mass is 35.5. The number of halogens is 1. The van der Waals surface area contributed by atoms with Crippen molar-refractivity contribution in [3.05, 3.63) is 52.9 Å². The normalized spacial score (nSPS) is 20.8. The zero-order valence-corrected chi connectivity index (χ0v) is 17.9. The van der Waals surface area contributed by atoms with Crippen molar-refractivity contribution in [2.45, 2.75) is 25.6 Å². The second-order valence-electron chi connectivity index (χ2n) is 7.72. The molecule has 0 spiro atoms. The lowest BCUT2D eigenvalue weighted by Crippen LogP contribution is -2.39. The van der Waals surface area contributed by atoms with Crippen LogP contribution in [0.25, 0.3) is 11.4 Å². The lowest BCUT2D eigenvalue weighted by molar-refractivity contribution is -0.123. The zero-order chi connectivity index (χ0) is 22.7. The number of ether oxygens (including phenoxy) is 2. The molecular formula is C21H15ClN6O5. The number of fused-ring (bicyclic) bond motifs is 2. The van der Waals surface area contributed by atoms with Crippen LogP contribution in [0.4, 0.5) is 5.69 Å². The fraction of sp³-hybridized carbons (Fsp3) is 0.238. The predicted molar refractivity (Wildman–Crippen MR) is 113 cm³/mol. The van der Waals surface area contributed by atoms with E-state index in [1.54, 1.807) is 36.4 Å². The minimum atomic E-state index is -0.936. The molecule has 12 heteroatoms. The Hall–Kier alpha value is -3.99. The fourth-order valence-electron chi connectivity index (χ4n) is 3.94. The molecule has 3 aromatic rings. The largest absolute Gasteiger partial charge is 0.454 e. The summed E-state index contributed by atoms with van der Waals surface area (Å²) in [4.78, 5) is 31.5. The van der Waals surface area contributed by atoms with Crippen molar-refractivity contribution in [3.8, 4) is 22.9 Å². The van der Waals surface area contributed by atoms with E-state index in [0.29, 0.717) is 33.6 Å². The standard InChI is InChI=1S/C21H15ClN6O5/c1-10-2-4-12(7-13(10)22)28-20(29)17-18(21(28)30)27(26-24-17)8-16-23-19(25-33-16)11-3-5-14-15(6-11)32-9-31-14/h2-7,17-18H,8-9H2,1H3. The Morgan fingerprint density at radius 2 is 1.94 bits per heavy atom. The van der Waals surface area contributed by atoms with Gasteiger partial charge in [-0.15, -0.1) is 0 Å². The van der Waals surface area contributed by atoms with Gasteiger partial charge in [-0.2, -0.15) is 10.1 Å². The fourth-order valence-corrected chi connectivity index (χ4v) is 4.11. The predicted octanol–water partition coefficient (Wildman–Crippen LogP) is 2.92. The van der Waals surface area contributed by atoms with Gasteiger partial charge in [0.2, 0.25) is 18.5 Å². The molecule has 1 saturated heterocycles. The van der Waals surface area contributed by atoms with Crippen molar-refractivity contribution in [3.63, 3.8) is 0 Å². The molecule has 2 unspecified atom stereocenters. The molecule has 2 amide bonds. The molecule has 0 radical (unpaired) electrons. The highest BCUT2D eigenvalue weighted by Gasteiger charge is 2.55. The Kier molecular flexibility index (Phi) is 4.34. The maximum Gasteiger partial charge on any atom is 0.263 e. The number of hydrogen-bond donors (Lipinski definition) is 0. The molecule has 0 N–H and O–H groups in total. The molecule has 2 atom stereocenters. The van der Waals surface area contributed by atoms with Crippen molar-refractivity contribution < 1.29 is 23.6 Å². The number of amides is 2.